The first kappa shape index (κ1) is 16.8. The molecule has 0 unspecified atom stereocenters. The Balaban J connectivity index is 1.38. The lowest BCUT2D eigenvalue weighted by atomic mass is 10.0. The number of nitrogens with zero attached hydrogens (tertiary/aromatic N) is 5. The van der Waals surface area contributed by atoms with Crippen molar-refractivity contribution in [2.75, 3.05) is 55.7 Å². The van der Waals surface area contributed by atoms with E-state index in [1.807, 2.05) is 0 Å². The highest BCUT2D eigenvalue weighted by molar-refractivity contribution is 5.53. The first-order valence-corrected chi connectivity index (χ1v) is 10.4. The molecule has 3 saturated heterocycles. The van der Waals surface area contributed by atoms with E-state index >= 15 is 0 Å². The van der Waals surface area contributed by atoms with E-state index in [2.05, 4.69) is 28.5 Å². The van der Waals surface area contributed by atoms with Gasteiger partial charge in [0.15, 0.2) is 0 Å². The highest BCUT2D eigenvalue weighted by atomic mass is 16.5. The van der Waals surface area contributed by atoms with Crippen LogP contribution in [0.4, 0.5) is 11.8 Å². The number of anilines is 2. The van der Waals surface area contributed by atoms with Crippen LogP contribution >= 0.6 is 0 Å². The predicted molar refractivity (Wildman–Crippen MR) is 103 cm³/mol. The van der Waals surface area contributed by atoms with Crippen molar-refractivity contribution >= 4 is 11.8 Å². The lowest BCUT2D eigenvalue weighted by Crippen LogP contribution is -2.62. The molecule has 0 N–H and O–H groups in total. The number of ether oxygens (including phenoxy) is 1. The number of piperazine rings is 1. The van der Waals surface area contributed by atoms with Crippen LogP contribution in [-0.2, 0) is 4.74 Å². The van der Waals surface area contributed by atoms with E-state index < -0.39 is 0 Å². The van der Waals surface area contributed by atoms with Gasteiger partial charge in [0.1, 0.15) is 5.82 Å². The van der Waals surface area contributed by atoms with Crippen molar-refractivity contribution in [3.05, 3.63) is 11.3 Å². The molecule has 1 aliphatic carbocycles. The van der Waals surface area contributed by atoms with Crippen LogP contribution in [0.2, 0.25) is 0 Å². The molecule has 1 aromatic rings. The third kappa shape index (κ3) is 2.97. The van der Waals surface area contributed by atoms with E-state index in [1.54, 1.807) is 0 Å². The Labute approximate surface area is 156 Å². The van der Waals surface area contributed by atoms with Crippen molar-refractivity contribution in [3.63, 3.8) is 0 Å². The van der Waals surface area contributed by atoms with Crippen LogP contribution in [0.25, 0.3) is 0 Å². The van der Waals surface area contributed by atoms with Gasteiger partial charge < -0.3 is 14.5 Å². The zero-order valence-corrected chi connectivity index (χ0v) is 16.2. The molecule has 5 rings (SSSR count). The van der Waals surface area contributed by atoms with Crippen LogP contribution < -0.4 is 9.80 Å². The number of morpholine rings is 1. The number of aryl methyl sites for hydroxylation is 1. The van der Waals surface area contributed by atoms with Gasteiger partial charge in [0.2, 0.25) is 5.95 Å². The number of rotatable bonds is 3. The maximum Gasteiger partial charge on any atom is 0.227 e. The second-order valence-electron chi connectivity index (χ2n) is 8.53. The summed E-state index contributed by atoms with van der Waals surface area (Å²) in [5.41, 5.74) is 2.35. The lowest BCUT2D eigenvalue weighted by Gasteiger charge is -2.48. The molecule has 4 heterocycles. The highest BCUT2D eigenvalue weighted by Gasteiger charge is 2.43. The summed E-state index contributed by atoms with van der Waals surface area (Å²) in [6.07, 6.45) is 5.30. The van der Waals surface area contributed by atoms with E-state index in [0.29, 0.717) is 12.1 Å². The van der Waals surface area contributed by atoms with Crippen LogP contribution in [0.15, 0.2) is 0 Å². The van der Waals surface area contributed by atoms with Gasteiger partial charge in [-0.15, -0.1) is 0 Å². The number of hydrogen-bond donors (Lipinski definition) is 0. The summed E-state index contributed by atoms with van der Waals surface area (Å²) in [7, 11) is 0. The van der Waals surface area contributed by atoms with Crippen molar-refractivity contribution in [3.8, 4) is 0 Å². The van der Waals surface area contributed by atoms with Gasteiger partial charge >= 0.3 is 0 Å². The van der Waals surface area contributed by atoms with Crippen molar-refractivity contribution in [1.29, 1.82) is 0 Å². The van der Waals surface area contributed by atoms with E-state index in [-0.39, 0.29) is 0 Å². The van der Waals surface area contributed by atoms with Gasteiger partial charge in [-0.05, 0) is 45.4 Å². The van der Waals surface area contributed by atoms with Crippen LogP contribution in [0, 0.1) is 19.8 Å². The molecule has 1 saturated carbocycles. The average molecular weight is 358 g/mol. The fraction of sp³-hybridized carbons (Fsp3) is 0.800. The summed E-state index contributed by atoms with van der Waals surface area (Å²) in [5, 5.41) is 0. The smallest absolute Gasteiger partial charge is 0.227 e. The number of hydrogen-bond acceptors (Lipinski definition) is 6. The van der Waals surface area contributed by atoms with Crippen molar-refractivity contribution < 1.29 is 4.74 Å². The second-order valence-corrected chi connectivity index (χ2v) is 8.53. The van der Waals surface area contributed by atoms with Crippen molar-refractivity contribution in [1.82, 2.24) is 14.9 Å². The minimum absolute atomic E-state index is 0.507. The normalized spacial score (nSPS) is 29.9. The molecular formula is C20H31N5O. The van der Waals surface area contributed by atoms with E-state index in [0.717, 1.165) is 69.3 Å². The van der Waals surface area contributed by atoms with Crippen molar-refractivity contribution in [2.24, 2.45) is 5.92 Å². The van der Waals surface area contributed by atoms with Crippen LogP contribution in [-0.4, -0.2) is 72.9 Å². The molecule has 0 bridgehead atoms. The summed E-state index contributed by atoms with van der Waals surface area (Å²) >= 11 is 0. The summed E-state index contributed by atoms with van der Waals surface area (Å²) in [6, 6.07) is 1.16. The van der Waals surface area contributed by atoms with E-state index in [9.17, 15) is 0 Å². The largest absolute Gasteiger partial charge is 0.378 e. The van der Waals surface area contributed by atoms with Gasteiger partial charge in [-0.1, -0.05) is 0 Å². The van der Waals surface area contributed by atoms with Gasteiger partial charge in [0.25, 0.3) is 0 Å². The molecule has 0 aromatic carbocycles. The third-order valence-corrected chi connectivity index (χ3v) is 6.76. The van der Waals surface area contributed by atoms with Gasteiger partial charge in [-0.2, -0.15) is 4.98 Å². The highest BCUT2D eigenvalue weighted by Crippen LogP contribution is 2.39. The average Bonchev–Trinajstić information content (AvgIpc) is 3.36. The molecule has 0 radical (unpaired) electrons. The number of fused-ring (bicyclic) bond motifs is 1. The Bertz CT molecular complexity index is 670. The first-order chi connectivity index (χ1) is 12.7. The topological polar surface area (TPSA) is 44.7 Å². The summed E-state index contributed by atoms with van der Waals surface area (Å²) in [4.78, 5) is 17.4. The molecule has 1 aromatic heterocycles. The molecule has 0 spiro atoms. The molecule has 3 aliphatic heterocycles. The van der Waals surface area contributed by atoms with Crippen molar-refractivity contribution in [2.45, 2.75) is 51.6 Å². The molecular weight excluding hydrogens is 326 g/mol. The molecule has 4 aliphatic rings. The Morgan fingerprint density at radius 1 is 0.923 bits per heavy atom. The molecule has 26 heavy (non-hydrogen) atoms. The lowest BCUT2D eigenvalue weighted by molar-refractivity contribution is -0.0603. The SMILES string of the molecule is Cc1nc(N2CCCC2)nc(N2CCN3[C@@H](COC[C@@H]3C3CC3)C2)c1C. The molecule has 4 fully saturated rings. The zero-order chi connectivity index (χ0) is 17.7. The van der Waals surface area contributed by atoms with Gasteiger partial charge in [0, 0.05) is 50.0 Å². The minimum atomic E-state index is 0.507. The van der Waals surface area contributed by atoms with E-state index in [4.69, 9.17) is 14.7 Å². The fourth-order valence-electron chi connectivity index (χ4n) is 4.92. The quantitative estimate of drug-likeness (QED) is 0.824. The molecule has 0 amide bonds. The van der Waals surface area contributed by atoms with Gasteiger partial charge in [-0.25, -0.2) is 4.98 Å². The standard InChI is InChI=1S/C20H31N5O/c1-14-15(2)21-20(23-7-3-4-8-23)22-19(14)24-9-10-25-17(11-24)12-26-13-18(25)16-5-6-16/h16-18H,3-13H2,1-2H3/t17-,18-/m1/s1. The van der Waals surface area contributed by atoms with Gasteiger partial charge in [-0.3, -0.25) is 4.90 Å². The fourth-order valence-corrected chi connectivity index (χ4v) is 4.92. The zero-order valence-electron chi connectivity index (χ0n) is 16.2. The molecule has 6 heteroatoms. The Kier molecular flexibility index (Phi) is 4.28. The maximum absolute atomic E-state index is 5.99. The summed E-state index contributed by atoms with van der Waals surface area (Å²) in [6.45, 7) is 11.5. The molecule has 2 atom stereocenters. The Hall–Kier alpha value is -1.40. The molecule has 6 nitrogen and oxygen atoms in total. The van der Waals surface area contributed by atoms with E-state index in [1.165, 1.54) is 31.2 Å². The van der Waals surface area contributed by atoms with Crippen LogP contribution in [0.3, 0.4) is 0 Å². The van der Waals surface area contributed by atoms with Crippen LogP contribution in [0.1, 0.15) is 36.9 Å². The number of aromatic nitrogens is 2. The Morgan fingerprint density at radius 2 is 1.73 bits per heavy atom. The summed E-state index contributed by atoms with van der Waals surface area (Å²) < 4.78 is 5.99. The molecule has 142 valence electrons. The minimum Gasteiger partial charge on any atom is -0.378 e. The van der Waals surface area contributed by atoms with Gasteiger partial charge in [0.05, 0.1) is 19.3 Å². The van der Waals surface area contributed by atoms with Crippen LogP contribution in [0.5, 0.6) is 0 Å². The monoisotopic (exact) mass is 357 g/mol. The predicted octanol–water partition coefficient (Wildman–Crippen LogP) is 1.99. The Morgan fingerprint density at radius 3 is 2.50 bits per heavy atom. The second kappa shape index (κ2) is 6.64. The summed E-state index contributed by atoms with van der Waals surface area (Å²) in [5.74, 6) is 2.96. The first-order valence-electron chi connectivity index (χ1n) is 10.4. The third-order valence-electron chi connectivity index (χ3n) is 6.76. The maximum atomic E-state index is 5.99.